The Morgan fingerprint density at radius 3 is 2.33 bits per heavy atom. The smallest absolute Gasteiger partial charge is 0.289 e. The molecule has 1 N–H and O–H groups in total. The number of anilines is 2. The van der Waals surface area contributed by atoms with Crippen molar-refractivity contribution in [2.45, 2.75) is 3.79 Å². The summed E-state index contributed by atoms with van der Waals surface area (Å²) in [6, 6.07) is 8.38. The van der Waals surface area contributed by atoms with Gasteiger partial charge in [0.15, 0.2) is 5.76 Å². The number of nitrogens with one attached hydrogen (secondary N) is 1. The molecular formula is C17H15Cl4N3O3. The third-order valence-corrected chi connectivity index (χ3v) is 4.92. The van der Waals surface area contributed by atoms with Gasteiger partial charge in [0.2, 0.25) is 0 Å². The Labute approximate surface area is 175 Å². The Morgan fingerprint density at radius 1 is 1.07 bits per heavy atom. The molecule has 2 amide bonds. The van der Waals surface area contributed by atoms with Crippen LogP contribution in [0.4, 0.5) is 11.4 Å². The zero-order chi connectivity index (χ0) is 19.6. The number of nitrogens with zero attached hydrogens (tertiary/aromatic N) is 2. The molecule has 1 aliphatic heterocycles. The van der Waals surface area contributed by atoms with Gasteiger partial charge in [-0.2, -0.15) is 0 Å². The molecule has 2 aromatic rings. The molecule has 0 atom stereocenters. The zero-order valence-corrected chi connectivity index (χ0v) is 16.9. The van der Waals surface area contributed by atoms with Gasteiger partial charge in [-0.25, -0.2) is 0 Å². The average Bonchev–Trinajstić information content (AvgIpc) is 3.15. The minimum absolute atomic E-state index is 0.129. The van der Waals surface area contributed by atoms with Gasteiger partial charge >= 0.3 is 0 Å². The lowest BCUT2D eigenvalue weighted by Crippen LogP contribution is -2.48. The second-order valence-electron chi connectivity index (χ2n) is 5.87. The number of carbonyl (C=O) groups excluding carboxylic acids is 2. The van der Waals surface area contributed by atoms with Crippen molar-refractivity contribution in [2.24, 2.45) is 0 Å². The minimum Gasteiger partial charge on any atom is -0.459 e. The Morgan fingerprint density at radius 2 is 1.78 bits per heavy atom. The maximum atomic E-state index is 12.3. The summed E-state index contributed by atoms with van der Waals surface area (Å²) in [5.41, 5.74) is 1.22. The summed E-state index contributed by atoms with van der Waals surface area (Å²) in [5, 5.41) is 2.94. The van der Waals surface area contributed by atoms with E-state index >= 15 is 0 Å². The summed E-state index contributed by atoms with van der Waals surface area (Å²) in [6.07, 6.45) is 1.48. The van der Waals surface area contributed by atoms with Crippen LogP contribution in [0, 0.1) is 0 Å². The van der Waals surface area contributed by atoms with Gasteiger partial charge < -0.3 is 19.5 Å². The van der Waals surface area contributed by atoms with Crippen molar-refractivity contribution < 1.29 is 14.0 Å². The monoisotopic (exact) mass is 449 g/mol. The molecule has 1 fully saturated rings. The van der Waals surface area contributed by atoms with Crippen LogP contribution in [-0.2, 0) is 4.79 Å². The molecule has 6 nitrogen and oxygen atoms in total. The van der Waals surface area contributed by atoms with Gasteiger partial charge in [-0.15, -0.1) is 0 Å². The first-order chi connectivity index (χ1) is 12.8. The average molecular weight is 451 g/mol. The Bertz CT molecular complexity index is 828. The predicted molar refractivity (Wildman–Crippen MR) is 107 cm³/mol. The van der Waals surface area contributed by atoms with E-state index in [0.717, 1.165) is 5.69 Å². The van der Waals surface area contributed by atoms with Crippen molar-refractivity contribution in [3.05, 3.63) is 47.4 Å². The molecule has 3 rings (SSSR count). The maximum Gasteiger partial charge on any atom is 0.289 e. The van der Waals surface area contributed by atoms with Crippen LogP contribution in [0.2, 0.25) is 5.02 Å². The van der Waals surface area contributed by atoms with E-state index in [1.54, 1.807) is 35.2 Å². The maximum absolute atomic E-state index is 12.3. The molecule has 0 bridgehead atoms. The lowest BCUT2D eigenvalue weighted by Gasteiger charge is -2.36. The molecule has 1 aromatic heterocycles. The van der Waals surface area contributed by atoms with Gasteiger partial charge in [0.05, 0.1) is 17.0 Å². The van der Waals surface area contributed by atoms with Gasteiger partial charge in [-0.1, -0.05) is 46.4 Å². The topological polar surface area (TPSA) is 65.8 Å². The second kappa shape index (κ2) is 8.19. The van der Waals surface area contributed by atoms with E-state index in [4.69, 9.17) is 50.8 Å². The summed E-state index contributed by atoms with van der Waals surface area (Å²) < 4.78 is 3.11. The van der Waals surface area contributed by atoms with Gasteiger partial charge in [0, 0.05) is 31.9 Å². The molecule has 144 valence electrons. The molecule has 0 aliphatic carbocycles. The number of furan rings is 1. The molecular weight excluding hydrogens is 436 g/mol. The van der Waals surface area contributed by atoms with Crippen molar-refractivity contribution >= 4 is 69.6 Å². The van der Waals surface area contributed by atoms with E-state index in [-0.39, 0.29) is 5.91 Å². The molecule has 0 spiro atoms. The Hall–Kier alpha value is -1.60. The van der Waals surface area contributed by atoms with Gasteiger partial charge in [-0.3, -0.25) is 9.59 Å². The van der Waals surface area contributed by atoms with E-state index in [1.165, 1.54) is 6.26 Å². The number of halogens is 4. The predicted octanol–water partition coefficient (Wildman–Crippen LogP) is 4.20. The van der Waals surface area contributed by atoms with Crippen LogP contribution in [-0.4, -0.2) is 46.7 Å². The van der Waals surface area contributed by atoms with Gasteiger partial charge in [0.25, 0.3) is 15.6 Å². The van der Waals surface area contributed by atoms with E-state index in [9.17, 15) is 9.59 Å². The highest BCUT2D eigenvalue weighted by molar-refractivity contribution is 6.76. The molecule has 1 saturated heterocycles. The summed E-state index contributed by atoms with van der Waals surface area (Å²) in [6.45, 7) is 2.32. The van der Waals surface area contributed by atoms with Crippen LogP contribution in [0.25, 0.3) is 0 Å². The summed E-state index contributed by atoms with van der Waals surface area (Å²) in [7, 11) is 0. The molecule has 10 heteroatoms. The number of hydrogen-bond acceptors (Lipinski definition) is 4. The van der Waals surface area contributed by atoms with Crippen LogP contribution in [0.15, 0.2) is 41.0 Å². The molecule has 1 aromatic carbocycles. The normalized spacial score (nSPS) is 15.0. The number of alkyl halides is 3. The molecule has 0 saturated carbocycles. The number of carbonyl (C=O) groups is 2. The van der Waals surface area contributed by atoms with Crippen molar-refractivity contribution in [2.75, 3.05) is 36.4 Å². The van der Waals surface area contributed by atoms with Crippen molar-refractivity contribution in [3.8, 4) is 0 Å². The highest BCUT2D eigenvalue weighted by atomic mass is 35.6. The lowest BCUT2D eigenvalue weighted by atomic mass is 10.2. The molecule has 0 unspecified atom stereocenters. The standard InChI is InChI=1S/C17H15Cl4N3O3/c18-12-10-11(22-16(26)17(19,20)21)3-4-13(12)23-5-7-24(8-6-23)15(25)14-2-1-9-27-14/h1-4,9-10H,5-8H2,(H,22,26). The van der Waals surface area contributed by atoms with Crippen LogP contribution < -0.4 is 10.2 Å². The van der Waals surface area contributed by atoms with Crippen molar-refractivity contribution in [3.63, 3.8) is 0 Å². The fraction of sp³-hybridized carbons (Fsp3) is 0.294. The van der Waals surface area contributed by atoms with Gasteiger partial charge in [-0.05, 0) is 30.3 Å². The largest absolute Gasteiger partial charge is 0.459 e. The highest BCUT2D eigenvalue weighted by Crippen LogP contribution is 2.32. The van der Waals surface area contributed by atoms with Crippen LogP contribution in [0.3, 0.4) is 0 Å². The third-order valence-electron chi connectivity index (χ3n) is 4.10. The summed E-state index contributed by atoms with van der Waals surface area (Å²) in [5.74, 6) is -0.563. The summed E-state index contributed by atoms with van der Waals surface area (Å²) in [4.78, 5) is 27.8. The third kappa shape index (κ3) is 4.82. The number of piperazine rings is 1. The van der Waals surface area contributed by atoms with E-state index in [1.807, 2.05) is 0 Å². The first-order valence-corrected chi connectivity index (χ1v) is 9.52. The summed E-state index contributed by atoms with van der Waals surface area (Å²) >= 11 is 23.0. The number of hydrogen-bond donors (Lipinski definition) is 1. The van der Waals surface area contributed by atoms with E-state index < -0.39 is 9.70 Å². The highest BCUT2D eigenvalue weighted by Gasteiger charge is 2.31. The number of benzene rings is 1. The number of rotatable bonds is 3. The first-order valence-electron chi connectivity index (χ1n) is 8.01. The Balaban J connectivity index is 1.63. The molecule has 1 aliphatic rings. The quantitative estimate of drug-likeness (QED) is 0.711. The van der Waals surface area contributed by atoms with Crippen molar-refractivity contribution in [1.82, 2.24) is 4.90 Å². The Kier molecular flexibility index (Phi) is 6.11. The fourth-order valence-electron chi connectivity index (χ4n) is 2.75. The minimum atomic E-state index is -2.05. The fourth-order valence-corrected chi connectivity index (χ4v) is 3.19. The lowest BCUT2D eigenvalue weighted by molar-refractivity contribution is -0.115. The second-order valence-corrected chi connectivity index (χ2v) is 8.56. The van der Waals surface area contributed by atoms with Crippen molar-refractivity contribution in [1.29, 1.82) is 0 Å². The molecule has 0 radical (unpaired) electrons. The van der Waals surface area contributed by atoms with Crippen LogP contribution >= 0.6 is 46.4 Å². The van der Waals surface area contributed by atoms with Gasteiger partial charge in [0.1, 0.15) is 0 Å². The van der Waals surface area contributed by atoms with E-state index in [2.05, 4.69) is 10.2 Å². The first kappa shape index (κ1) is 20.1. The van der Waals surface area contributed by atoms with E-state index in [0.29, 0.717) is 42.6 Å². The molecule has 2 heterocycles. The zero-order valence-electron chi connectivity index (χ0n) is 13.9. The van der Waals surface area contributed by atoms with Crippen LogP contribution in [0.1, 0.15) is 10.6 Å². The number of amides is 2. The van der Waals surface area contributed by atoms with Crippen LogP contribution in [0.5, 0.6) is 0 Å². The SMILES string of the molecule is O=C(c1ccco1)N1CCN(c2ccc(NC(=O)C(Cl)(Cl)Cl)cc2Cl)CC1. The molecule has 27 heavy (non-hydrogen) atoms.